The first-order valence-electron chi connectivity index (χ1n) is 10.4. The van der Waals surface area contributed by atoms with Gasteiger partial charge in [0, 0.05) is 32.6 Å². The number of nitrogens with zero attached hydrogens (tertiary/aromatic N) is 5. The van der Waals surface area contributed by atoms with E-state index in [0.29, 0.717) is 12.3 Å². The predicted molar refractivity (Wildman–Crippen MR) is 119 cm³/mol. The van der Waals surface area contributed by atoms with Gasteiger partial charge >= 0.3 is 0 Å². The average molecular weight is 412 g/mol. The van der Waals surface area contributed by atoms with Crippen LogP contribution in [-0.4, -0.2) is 51.8 Å². The minimum atomic E-state index is 0.275. The molecule has 3 aromatic rings. The predicted octanol–water partition coefficient (Wildman–Crippen LogP) is 4.18. The van der Waals surface area contributed by atoms with E-state index in [1.807, 2.05) is 16.5 Å². The fourth-order valence-corrected chi connectivity index (χ4v) is 4.87. The third kappa shape index (κ3) is 4.15. The molecule has 0 radical (unpaired) electrons. The Labute approximate surface area is 176 Å². The number of thiazole rings is 1. The van der Waals surface area contributed by atoms with E-state index in [2.05, 4.69) is 49.9 Å². The molecule has 3 heterocycles. The second-order valence-electron chi connectivity index (χ2n) is 8.30. The summed E-state index contributed by atoms with van der Waals surface area (Å²) in [4.78, 5) is 21.8. The molecule has 1 amide bonds. The monoisotopic (exact) mass is 411 g/mol. The van der Waals surface area contributed by atoms with Crippen LogP contribution in [0.15, 0.2) is 24.3 Å². The van der Waals surface area contributed by atoms with Crippen molar-refractivity contribution in [3.63, 3.8) is 0 Å². The fourth-order valence-electron chi connectivity index (χ4n) is 3.83. The first-order chi connectivity index (χ1) is 13.9. The van der Waals surface area contributed by atoms with Crippen LogP contribution in [0.1, 0.15) is 37.9 Å². The molecule has 7 heteroatoms. The minimum Gasteiger partial charge on any atom is -0.346 e. The van der Waals surface area contributed by atoms with Crippen LogP contribution >= 0.6 is 11.3 Å². The number of rotatable bonds is 4. The maximum Gasteiger partial charge on any atom is 0.222 e. The van der Waals surface area contributed by atoms with E-state index < -0.39 is 0 Å². The number of anilines is 1. The normalized spacial score (nSPS) is 15.3. The van der Waals surface area contributed by atoms with Gasteiger partial charge in [0.2, 0.25) is 5.91 Å². The van der Waals surface area contributed by atoms with E-state index in [0.717, 1.165) is 59.5 Å². The number of hydrogen-bond donors (Lipinski definition) is 0. The van der Waals surface area contributed by atoms with E-state index in [4.69, 9.17) is 10.1 Å². The highest BCUT2D eigenvalue weighted by atomic mass is 32.1. The van der Waals surface area contributed by atoms with Crippen molar-refractivity contribution in [1.29, 1.82) is 0 Å². The number of benzene rings is 1. The highest BCUT2D eigenvalue weighted by Crippen LogP contribution is 2.33. The van der Waals surface area contributed by atoms with Gasteiger partial charge in [-0.3, -0.25) is 4.79 Å². The van der Waals surface area contributed by atoms with E-state index in [9.17, 15) is 4.79 Å². The molecule has 0 unspecified atom stereocenters. The van der Waals surface area contributed by atoms with Crippen LogP contribution in [0.5, 0.6) is 0 Å². The summed E-state index contributed by atoms with van der Waals surface area (Å²) in [6, 6.07) is 8.35. The van der Waals surface area contributed by atoms with Crippen molar-refractivity contribution in [3.8, 4) is 5.69 Å². The molecule has 1 aromatic carbocycles. The van der Waals surface area contributed by atoms with Crippen LogP contribution in [0.4, 0.5) is 5.13 Å². The zero-order chi connectivity index (χ0) is 20.5. The number of carbonyl (C=O) groups is 1. The Hall–Kier alpha value is -2.41. The Morgan fingerprint density at radius 2 is 2.00 bits per heavy atom. The number of carbonyl (C=O) groups excluding carboxylic acids is 1. The smallest absolute Gasteiger partial charge is 0.222 e. The molecule has 1 aliphatic heterocycles. The first kappa shape index (κ1) is 19.9. The zero-order valence-electron chi connectivity index (χ0n) is 17.7. The summed E-state index contributed by atoms with van der Waals surface area (Å²) in [5.74, 6) is 0.677. The molecule has 1 aliphatic rings. The van der Waals surface area contributed by atoms with Gasteiger partial charge in [-0.2, -0.15) is 10.1 Å². The van der Waals surface area contributed by atoms with Gasteiger partial charge in [0.1, 0.15) is 0 Å². The molecule has 0 N–H and O–H groups in total. The molecule has 0 bridgehead atoms. The van der Waals surface area contributed by atoms with Gasteiger partial charge in [-0.25, -0.2) is 4.68 Å². The lowest BCUT2D eigenvalue weighted by atomic mass is 10.1. The van der Waals surface area contributed by atoms with Crippen molar-refractivity contribution in [1.82, 2.24) is 19.7 Å². The first-order valence-corrected chi connectivity index (χ1v) is 11.2. The summed E-state index contributed by atoms with van der Waals surface area (Å²) >= 11 is 1.71. The van der Waals surface area contributed by atoms with Crippen molar-refractivity contribution in [2.24, 2.45) is 5.92 Å². The average Bonchev–Trinajstić information content (AvgIpc) is 3.12. The number of fused-ring (bicyclic) bond motifs is 1. The molecule has 4 rings (SSSR count). The van der Waals surface area contributed by atoms with Crippen molar-refractivity contribution >= 4 is 32.7 Å². The topological polar surface area (TPSA) is 54.3 Å². The summed E-state index contributed by atoms with van der Waals surface area (Å²) in [6.07, 6.45) is 1.61. The second kappa shape index (κ2) is 8.14. The third-order valence-corrected chi connectivity index (χ3v) is 6.54. The minimum absolute atomic E-state index is 0.275. The number of aromatic nitrogens is 3. The molecule has 0 aliphatic carbocycles. The van der Waals surface area contributed by atoms with Gasteiger partial charge < -0.3 is 9.80 Å². The lowest BCUT2D eigenvalue weighted by Crippen LogP contribution is -2.35. The highest BCUT2D eigenvalue weighted by Gasteiger charge is 2.23. The summed E-state index contributed by atoms with van der Waals surface area (Å²) in [5.41, 5.74) is 4.18. The van der Waals surface area contributed by atoms with Crippen molar-refractivity contribution < 1.29 is 4.79 Å². The third-order valence-electron chi connectivity index (χ3n) is 5.33. The van der Waals surface area contributed by atoms with Crippen LogP contribution < -0.4 is 4.90 Å². The fraction of sp³-hybridized carbons (Fsp3) is 0.500. The molecular formula is C22H29N5OS. The molecular weight excluding hydrogens is 382 g/mol. The number of amides is 1. The van der Waals surface area contributed by atoms with Crippen LogP contribution in [0.2, 0.25) is 0 Å². The van der Waals surface area contributed by atoms with E-state index >= 15 is 0 Å². The number of hydrogen-bond acceptors (Lipinski definition) is 5. The Morgan fingerprint density at radius 3 is 2.76 bits per heavy atom. The van der Waals surface area contributed by atoms with Crippen LogP contribution in [-0.2, 0) is 4.79 Å². The van der Waals surface area contributed by atoms with Crippen LogP contribution in [0, 0.1) is 19.8 Å². The Bertz CT molecular complexity index is 1020. The second-order valence-corrected chi connectivity index (χ2v) is 9.28. The van der Waals surface area contributed by atoms with Crippen LogP contribution in [0.3, 0.4) is 0 Å². The molecule has 6 nitrogen and oxygen atoms in total. The molecule has 29 heavy (non-hydrogen) atoms. The van der Waals surface area contributed by atoms with Gasteiger partial charge in [0.15, 0.2) is 10.8 Å². The standard InChI is InChI=1S/C22H29N5OS/c1-15(2)13-19(28)25-9-6-10-26(12-11-25)22-23-21-20(29-22)17(4)24-27(21)18-8-5-7-16(3)14-18/h5,7-8,14-15H,6,9-13H2,1-4H3. The molecule has 154 valence electrons. The van der Waals surface area contributed by atoms with E-state index in [1.165, 1.54) is 5.56 Å². The summed E-state index contributed by atoms with van der Waals surface area (Å²) in [6.45, 7) is 11.7. The lowest BCUT2D eigenvalue weighted by molar-refractivity contribution is -0.131. The largest absolute Gasteiger partial charge is 0.346 e. The maximum absolute atomic E-state index is 12.5. The molecule has 0 saturated carbocycles. The molecule has 0 atom stereocenters. The lowest BCUT2D eigenvalue weighted by Gasteiger charge is -2.22. The van der Waals surface area contributed by atoms with Gasteiger partial charge in [0.05, 0.1) is 16.1 Å². The van der Waals surface area contributed by atoms with E-state index in [-0.39, 0.29) is 5.91 Å². The molecule has 1 saturated heterocycles. The SMILES string of the molecule is Cc1cccc(-n2nc(C)c3sc(N4CCCN(C(=O)CC(C)C)CC4)nc32)c1. The van der Waals surface area contributed by atoms with Gasteiger partial charge in [-0.05, 0) is 43.9 Å². The van der Waals surface area contributed by atoms with Gasteiger partial charge in [-0.15, -0.1) is 0 Å². The van der Waals surface area contributed by atoms with Gasteiger partial charge in [-0.1, -0.05) is 37.3 Å². The zero-order valence-corrected chi connectivity index (χ0v) is 18.5. The maximum atomic E-state index is 12.5. The summed E-state index contributed by atoms with van der Waals surface area (Å²) < 4.78 is 3.09. The van der Waals surface area contributed by atoms with E-state index in [1.54, 1.807) is 11.3 Å². The summed E-state index contributed by atoms with van der Waals surface area (Å²) in [7, 11) is 0. The van der Waals surface area contributed by atoms with Crippen molar-refractivity contribution in [3.05, 3.63) is 35.5 Å². The summed E-state index contributed by atoms with van der Waals surface area (Å²) in [5, 5.41) is 5.75. The molecule has 1 fully saturated rings. The van der Waals surface area contributed by atoms with Crippen LogP contribution in [0.25, 0.3) is 16.0 Å². The highest BCUT2D eigenvalue weighted by molar-refractivity contribution is 7.22. The quantitative estimate of drug-likeness (QED) is 0.646. The van der Waals surface area contributed by atoms with Crippen molar-refractivity contribution in [2.75, 3.05) is 31.1 Å². The van der Waals surface area contributed by atoms with Crippen molar-refractivity contribution in [2.45, 2.75) is 40.5 Å². The molecule has 0 spiro atoms. The molecule has 2 aromatic heterocycles. The Kier molecular flexibility index (Phi) is 5.58. The Morgan fingerprint density at radius 1 is 1.17 bits per heavy atom. The Balaban J connectivity index is 1.57. The van der Waals surface area contributed by atoms with Gasteiger partial charge in [0.25, 0.3) is 0 Å². The number of aryl methyl sites for hydroxylation is 2.